The Kier molecular flexibility index (Phi) is 7.70. The fraction of sp³-hybridized carbons (Fsp3) is 0.400. The molecule has 4 rings (SSSR count). The first-order valence-corrected chi connectivity index (χ1v) is 11.8. The van der Waals surface area contributed by atoms with Crippen molar-refractivity contribution in [3.8, 4) is 5.75 Å². The van der Waals surface area contributed by atoms with Crippen LogP contribution in [0.3, 0.4) is 0 Å². The Morgan fingerprint density at radius 3 is 2.74 bits per heavy atom. The van der Waals surface area contributed by atoms with Gasteiger partial charge in [0.25, 0.3) is 5.91 Å². The zero-order chi connectivity index (χ0) is 24.1. The average Bonchev–Trinajstić information content (AvgIpc) is 3.49. The lowest BCUT2D eigenvalue weighted by molar-refractivity contribution is -0.126. The predicted octanol–water partition coefficient (Wildman–Crippen LogP) is 3.31. The van der Waals surface area contributed by atoms with Gasteiger partial charge in [0.1, 0.15) is 5.75 Å². The van der Waals surface area contributed by atoms with Gasteiger partial charge in [0.2, 0.25) is 11.8 Å². The van der Waals surface area contributed by atoms with Crippen LogP contribution in [0.5, 0.6) is 5.75 Å². The van der Waals surface area contributed by atoms with Crippen molar-refractivity contribution in [2.75, 3.05) is 36.5 Å². The monoisotopic (exact) mass is 485 g/mol. The first-order valence-electron chi connectivity index (χ1n) is 11.4. The third-order valence-electron chi connectivity index (χ3n) is 6.02. The summed E-state index contributed by atoms with van der Waals surface area (Å²) in [6.45, 7) is 3.27. The molecule has 2 fully saturated rings. The highest BCUT2D eigenvalue weighted by atomic mass is 35.5. The van der Waals surface area contributed by atoms with Crippen LogP contribution in [-0.4, -0.2) is 50.1 Å². The molecule has 0 bridgehead atoms. The van der Waals surface area contributed by atoms with Crippen molar-refractivity contribution >= 4 is 40.7 Å². The second kappa shape index (κ2) is 10.9. The van der Waals surface area contributed by atoms with Crippen LogP contribution in [0.15, 0.2) is 42.5 Å². The highest BCUT2D eigenvalue weighted by molar-refractivity contribution is 6.31. The van der Waals surface area contributed by atoms with Gasteiger partial charge in [-0.05, 0) is 61.7 Å². The summed E-state index contributed by atoms with van der Waals surface area (Å²) in [4.78, 5) is 38.8. The van der Waals surface area contributed by atoms with Gasteiger partial charge in [-0.25, -0.2) is 0 Å². The van der Waals surface area contributed by atoms with Gasteiger partial charge in [-0.1, -0.05) is 17.7 Å². The van der Waals surface area contributed by atoms with E-state index in [0.29, 0.717) is 35.2 Å². The second-order valence-electron chi connectivity index (χ2n) is 8.58. The first-order chi connectivity index (χ1) is 16.4. The molecule has 34 heavy (non-hydrogen) atoms. The van der Waals surface area contributed by atoms with E-state index in [2.05, 4.69) is 10.6 Å². The molecule has 2 N–H and O–H groups in total. The van der Waals surface area contributed by atoms with Gasteiger partial charge in [-0.3, -0.25) is 14.4 Å². The predicted molar refractivity (Wildman–Crippen MR) is 129 cm³/mol. The van der Waals surface area contributed by atoms with Crippen molar-refractivity contribution in [1.82, 2.24) is 5.32 Å². The van der Waals surface area contributed by atoms with Gasteiger partial charge in [-0.15, -0.1) is 0 Å². The van der Waals surface area contributed by atoms with E-state index in [1.54, 1.807) is 41.3 Å². The molecule has 2 aromatic carbocycles. The van der Waals surface area contributed by atoms with Crippen molar-refractivity contribution in [3.63, 3.8) is 0 Å². The Morgan fingerprint density at radius 2 is 2.00 bits per heavy atom. The molecule has 8 nitrogen and oxygen atoms in total. The molecule has 0 radical (unpaired) electrons. The molecule has 0 saturated carbocycles. The topological polar surface area (TPSA) is 97.0 Å². The normalized spacial score (nSPS) is 19.8. The summed E-state index contributed by atoms with van der Waals surface area (Å²) in [7, 11) is 0. The maximum absolute atomic E-state index is 12.5. The van der Waals surface area contributed by atoms with Crippen LogP contribution >= 0.6 is 11.6 Å². The van der Waals surface area contributed by atoms with Crippen molar-refractivity contribution < 1.29 is 23.9 Å². The fourth-order valence-corrected chi connectivity index (χ4v) is 4.26. The summed E-state index contributed by atoms with van der Waals surface area (Å²) >= 11 is 5.98. The number of anilines is 2. The van der Waals surface area contributed by atoms with Crippen LogP contribution in [-0.2, 0) is 19.1 Å². The Morgan fingerprint density at radius 1 is 1.21 bits per heavy atom. The number of halogens is 1. The van der Waals surface area contributed by atoms with E-state index in [1.807, 2.05) is 13.0 Å². The largest absolute Gasteiger partial charge is 0.484 e. The third-order valence-corrected chi connectivity index (χ3v) is 6.25. The lowest BCUT2D eigenvalue weighted by Crippen LogP contribution is -2.37. The maximum atomic E-state index is 12.5. The van der Waals surface area contributed by atoms with Crippen LogP contribution in [0.1, 0.15) is 24.8 Å². The Labute approximate surface area is 203 Å². The van der Waals surface area contributed by atoms with Crippen LogP contribution in [0.2, 0.25) is 5.02 Å². The molecule has 0 aromatic heterocycles. The molecule has 2 saturated heterocycles. The molecule has 2 aromatic rings. The summed E-state index contributed by atoms with van der Waals surface area (Å²) in [6, 6.07) is 12.2. The molecule has 0 unspecified atom stereocenters. The number of hydrogen-bond acceptors (Lipinski definition) is 5. The lowest BCUT2D eigenvalue weighted by atomic mass is 10.1. The van der Waals surface area contributed by atoms with Crippen LogP contribution in [0.4, 0.5) is 11.4 Å². The zero-order valence-electron chi connectivity index (χ0n) is 19.0. The van der Waals surface area contributed by atoms with Gasteiger partial charge in [-0.2, -0.15) is 0 Å². The second-order valence-corrected chi connectivity index (χ2v) is 9.01. The van der Waals surface area contributed by atoms with Crippen LogP contribution in [0, 0.1) is 12.8 Å². The number of amides is 3. The third kappa shape index (κ3) is 6.07. The zero-order valence-corrected chi connectivity index (χ0v) is 19.8. The molecule has 9 heteroatoms. The lowest BCUT2D eigenvalue weighted by Gasteiger charge is -2.18. The van der Waals surface area contributed by atoms with Gasteiger partial charge in [0, 0.05) is 42.5 Å². The number of nitrogens with one attached hydrogen (secondary N) is 2. The quantitative estimate of drug-likeness (QED) is 0.598. The maximum Gasteiger partial charge on any atom is 0.262 e. The number of carbonyl (C=O) groups is 3. The van der Waals surface area contributed by atoms with E-state index in [-0.39, 0.29) is 42.8 Å². The standard InChI is InChI=1S/C25H28ClN3O5/c1-16-4-5-18(26)12-22(16)28-23(30)15-34-20-8-6-19(7-9-20)29-14-17(11-24(29)31)25(32)27-13-21-3-2-10-33-21/h4-9,12,17,21H,2-3,10-11,13-15H2,1H3,(H,27,32)(H,28,30)/t17-,21-/m0/s1. The molecule has 0 aliphatic carbocycles. The fourth-order valence-electron chi connectivity index (χ4n) is 4.08. The molecule has 2 atom stereocenters. The number of aryl methyl sites for hydroxylation is 1. The molecule has 2 aliphatic rings. The number of nitrogens with zero attached hydrogens (tertiary/aromatic N) is 1. The average molecular weight is 486 g/mol. The molecule has 180 valence electrons. The van der Waals surface area contributed by atoms with Gasteiger partial charge in [0.05, 0.1) is 12.0 Å². The first kappa shape index (κ1) is 24.0. The van der Waals surface area contributed by atoms with Gasteiger partial charge >= 0.3 is 0 Å². The molecule has 0 spiro atoms. The van der Waals surface area contributed by atoms with Crippen molar-refractivity contribution in [3.05, 3.63) is 53.1 Å². The molecule has 2 aliphatic heterocycles. The number of carbonyl (C=O) groups excluding carboxylic acids is 3. The van der Waals surface area contributed by atoms with E-state index in [4.69, 9.17) is 21.1 Å². The van der Waals surface area contributed by atoms with Crippen molar-refractivity contribution in [2.45, 2.75) is 32.3 Å². The number of hydrogen-bond donors (Lipinski definition) is 2. The summed E-state index contributed by atoms with van der Waals surface area (Å²) in [5.74, 6) is -0.404. The molecule has 2 heterocycles. The minimum atomic E-state index is -0.386. The van der Waals surface area contributed by atoms with Crippen molar-refractivity contribution in [2.24, 2.45) is 5.92 Å². The minimum Gasteiger partial charge on any atom is -0.484 e. The van der Waals surface area contributed by atoms with Crippen molar-refractivity contribution in [1.29, 1.82) is 0 Å². The molecule has 3 amide bonds. The Balaban J connectivity index is 1.26. The van der Waals surface area contributed by atoms with Gasteiger partial charge < -0.3 is 25.0 Å². The smallest absolute Gasteiger partial charge is 0.262 e. The van der Waals surface area contributed by atoms with E-state index in [1.165, 1.54) is 0 Å². The minimum absolute atomic E-state index is 0.0706. The van der Waals surface area contributed by atoms with Crippen LogP contribution in [0.25, 0.3) is 0 Å². The van der Waals surface area contributed by atoms with E-state index >= 15 is 0 Å². The van der Waals surface area contributed by atoms with Gasteiger partial charge in [0.15, 0.2) is 6.61 Å². The summed E-state index contributed by atoms with van der Waals surface area (Å²) in [6.07, 6.45) is 2.22. The SMILES string of the molecule is Cc1ccc(Cl)cc1NC(=O)COc1ccc(N2C[C@@H](C(=O)NC[C@@H]3CCCO3)CC2=O)cc1. The van der Waals surface area contributed by atoms with E-state index < -0.39 is 0 Å². The highest BCUT2D eigenvalue weighted by Crippen LogP contribution is 2.27. The van der Waals surface area contributed by atoms with E-state index in [9.17, 15) is 14.4 Å². The van der Waals surface area contributed by atoms with Crippen LogP contribution < -0.4 is 20.3 Å². The number of ether oxygens (including phenoxy) is 2. The summed E-state index contributed by atoms with van der Waals surface area (Å²) in [5, 5.41) is 6.23. The number of benzene rings is 2. The summed E-state index contributed by atoms with van der Waals surface area (Å²) in [5.41, 5.74) is 2.22. The molecular weight excluding hydrogens is 458 g/mol. The molecular formula is C25H28ClN3O5. The Bertz CT molecular complexity index is 1050. The Hall–Kier alpha value is -3.10. The summed E-state index contributed by atoms with van der Waals surface area (Å²) < 4.78 is 11.1. The van der Waals surface area contributed by atoms with E-state index in [0.717, 1.165) is 25.0 Å². The highest BCUT2D eigenvalue weighted by Gasteiger charge is 2.35. The number of rotatable bonds is 8.